The van der Waals surface area contributed by atoms with E-state index in [9.17, 15) is 4.79 Å². The molecule has 0 bridgehead atoms. The van der Waals surface area contributed by atoms with Crippen molar-refractivity contribution in [3.63, 3.8) is 0 Å². The number of nitrogens with zero attached hydrogens (tertiary/aromatic N) is 3. The topological polar surface area (TPSA) is 91.4 Å². The summed E-state index contributed by atoms with van der Waals surface area (Å²) in [6.07, 6.45) is 4.51. The molecule has 1 amide bonds. The molecule has 2 aliphatic rings. The second kappa shape index (κ2) is 8.95. The van der Waals surface area contributed by atoms with Gasteiger partial charge in [0.25, 0.3) is 0 Å². The van der Waals surface area contributed by atoms with E-state index in [4.69, 9.17) is 4.74 Å². The van der Waals surface area contributed by atoms with Crippen LogP contribution in [0, 0.1) is 0 Å². The molecule has 2 aliphatic heterocycles. The van der Waals surface area contributed by atoms with Crippen molar-refractivity contribution in [1.82, 2.24) is 25.5 Å². The maximum absolute atomic E-state index is 11.2. The third-order valence-electron chi connectivity index (χ3n) is 4.89. The van der Waals surface area contributed by atoms with Crippen LogP contribution < -0.4 is 20.7 Å². The molecule has 1 fully saturated rings. The Morgan fingerprint density at radius 3 is 3.12 bits per heavy atom. The molecule has 3 N–H and O–H groups in total. The van der Waals surface area contributed by atoms with Crippen LogP contribution in [0.3, 0.4) is 0 Å². The minimum Gasteiger partial charge on any atom is -0.462 e. The van der Waals surface area contributed by atoms with E-state index in [0.717, 1.165) is 49.6 Å². The van der Waals surface area contributed by atoms with Crippen LogP contribution in [0.4, 0.5) is 5.82 Å². The van der Waals surface area contributed by atoms with Crippen LogP contribution in [-0.4, -0.2) is 66.7 Å². The summed E-state index contributed by atoms with van der Waals surface area (Å²) in [4.78, 5) is 22.7. The highest BCUT2D eigenvalue weighted by Crippen LogP contribution is 2.23. The Hall–Kier alpha value is -2.19. The molecular formula is C18H28N6O2. The van der Waals surface area contributed by atoms with Crippen LogP contribution in [0.5, 0.6) is 6.01 Å². The molecule has 0 saturated carbocycles. The number of ether oxygens (including phenoxy) is 1. The van der Waals surface area contributed by atoms with Crippen molar-refractivity contribution >= 4 is 11.7 Å². The highest BCUT2D eigenvalue weighted by Gasteiger charge is 2.23. The Labute approximate surface area is 154 Å². The fraction of sp³-hybridized carbons (Fsp3) is 0.611. The van der Waals surface area contributed by atoms with E-state index >= 15 is 0 Å². The van der Waals surface area contributed by atoms with Gasteiger partial charge >= 0.3 is 6.01 Å². The number of likely N-dealkylation sites (N-methyl/N-ethyl adjacent to an activating group) is 1. The van der Waals surface area contributed by atoms with Gasteiger partial charge in [0.2, 0.25) is 5.91 Å². The zero-order chi connectivity index (χ0) is 18.4. The Bertz CT molecular complexity index is 651. The molecule has 1 aromatic heterocycles. The van der Waals surface area contributed by atoms with Crippen molar-refractivity contribution in [3.05, 3.63) is 23.9 Å². The molecule has 1 saturated heterocycles. The first-order valence-corrected chi connectivity index (χ1v) is 9.25. The molecular weight excluding hydrogens is 332 g/mol. The lowest BCUT2D eigenvalue weighted by Gasteiger charge is -2.22. The summed E-state index contributed by atoms with van der Waals surface area (Å²) in [5, 5.41) is 9.40. The van der Waals surface area contributed by atoms with Gasteiger partial charge < -0.3 is 25.6 Å². The Morgan fingerprint density at radius 2 is 2.35 bits per heavy atom. The van der Waals surface area contributed by atoms with Crippen molar-refractivity contribution in [3.8, 4) is 6.01 Å². The summed E-state index contributed by atoms with van der Waals surface area (Å²) >= 11 is 0. The highest BCUT2D eigenvalue weighted by atomic mass is 16.5. The van der Waals surface area contributed by atoms with Crippen LogP contribution in [-0.2, 0) is 17.8 Å². The van der Waals surface area contributed by atoms with E-state index in [0.29, 0.717) is 31.7 Å². The van der Waals surface area contributed by atoms with Crippen LogP contribution >= 0.6 is 0 Å². The zero-order valence-electron chi connectivity index (χ0n) is 15.4. The van der Waals surface area contributed by atoms with Gasteiger partial charge in [-0.05, 0) is 45.5 Å². The molecule has 0 unspecified atom stereocenters. The molecule has 26 heavy (non-hydrogen) atoms. The maximum atomic E-state index is 11.2. The van der Waals surface area contributed by atoms with Crippen molar-refractivity contribution in [2.75, 3.05) is 45.2 Å². The van der Waals surface area contributed by atoms with Gasteiger partial charge in [0.1, 0.15) is 12.4 Å². The SMILES string of the molecule is C=CC(=O)NCCNc1nc(OC[C@@H]2CCCN2C)nc2c1CCNC2. The highest BCUT2D eigenvalue weighted by molar-refractivity contribution is 5.86. The van der Waals surface area contributed by atoms with Gasteiger partial charge in [-0.1, -0.05) is 6.58 Å². The van der Waals surface area contributed by atoms with Crippen LogP contribution in [0.1, 0.15) is 24.1 Å². The Morgan fingerprint density at radius 1 is 1.46 bits per heavy atom. The molecule has 3 rings (SSSR count). The number of anilines is 1. The monoisotopic (exact) mass is 360 g/mol. The van der Waals surface area contributed by atoms with Gasteiger partial charge in [-0.15, -0.1) is 0 Å². The molecule has 0 radical (unpaired) electrons. The summed E-state index contributed by atoms with van der Waals surface area (Å²) in [6, 6.07) is 0.851. The number of carbonyl (C=O) groups excluding carboxylic acids is 1. The largest absolute Gasteiger partial charge is 0.462 e. The van der Waals surface area contributed by atoms with Gasteiger partial charge in [-0.25, -0.2) is 0 Å². The number of carbonyl (C=O) groups is 1. The predicted octanol–water partition coefficient (Wildman–Crippen LogP) is 0.309. The summed E-state index contributed by atoms with van der Waals surface area (Å²) in [5.41, 5.74) is 2.11. The molecule has 1 aromatic rings. The van der Waals surface area contributed by atoms with Crippen molar-refractivity contribution in [2.24, 2.45) is 0 Å². The van der Waals surface area contributed by atoms with E-state index in [1.807, 2.05) is 0 Å². The summed E-state index contributed by atoms with van der Waals surface area (Å²) in [6.45, 7) is 7.89. The van der Waals surface area contributed by atoms with Gasteiger partial charge in [-0.2, -0.15) is 9.97 Å². The second-order valence-corrected chi connectivity index (χ2v) is 6.72. The lowest BCUT2D eigenvalue weighted by atomic mass is 10.1. The molecule has 0 aromatic carbocycles. The van der Waals surface area contributed by atoms with E-state index in [-0.39, 0.29) is 5.91 Å². The Balaban J connectivity index is 1.64. The predicted molar refractivity (Wildman–Crippen MR) is 100 cm³/mol. The van der Waals surface area contributed by atoms with Crippen LogP contribution in [0.15, 0.2) is 12.7 Å². The quantitative estimate of drug-likeness (QED) is 0.454. The summed E-state index contributed by atoms with van der Waals surface area (Å²) in [7, 11) is 2.13. The zero-order valence-corrected chi connectivity index (χ0v) is 15.4. The van der Waals surface area contributed by atoms with E-state index in [1.54, 1.807) is 0 Å². The lowest BCUT2D eigenvalue weighted by Crippen LogP contribution is -2.32. The fourth-order valence-corrected chi connectivity index (χ4v) is 3.35. The molecule has 0 aliphatic carbocycles. The molecule has 3 heterocycles. The van der Waals surface area contributed by atoms with Crippen molar-refractivity contribution in [1.29, 1.82) is 0 Å². The van der Waals surface area contributed by atoms with Crippen molar-refractivity contribution < 1.29 is 9.53 Å². The lowest BCUT2D eigenvalue weighted by molar-refractivity contribution is -0.116. The average molecular weight is 360 g/mol. The minimum atomic E-state index is -0.176. The minimum absolute atomic E-state index is 0.176. The number of nitrogens with one attached hydrogen (secondary N) is 3. The summed E-state index contributed by atoms with van der Waals surface area (Å²) in [5.74, 6) is 0.629. The smallest absolute Gasteiger partial charge is 0.318 e. The first-order valence-electron chi connectivity index (χ1n) is 9.25. The Kier molecular flexibility index (Phi) is 6.40. The first kappa shape index (κ1) is 18.6. The number of fused-ring (bicyclic) bond motifs is 1. The van der Waals surface area contributed by atoms with Crippen LogP contribution in [0.2, 0.25) is 0 Å². The second-order valence-electron chi connectivity index (χ2n) is 6.72. The first-order chi connectivity index (χ1) is 12.7. The molecule has 8 heteroatoms. The normalized spacial score (nSPS) is 19.7. The number of rotatable bonds is 8. The van der Waals surface area contributed by atoms with E-state index in [1.165, 1.54) is 12.5 Å². The fourth-order valence-electron chi connectivity index (χ4n) is 3.35. The number of amides is 1. The van der Waals surface area contributed by atoms with Gasteiger partial charge in [0, 0.05) is 31.2 Å². The number of likely N-dealkylation sites (tertiary alicyclic amines) is 1. The van der Waals surface area contributed by atoms with Gasteiger partial charge in [-0.3, -0.25) is 4.79 Å². The van der Waals surface area contributed by atoms with E-state index in [2.05, 4.69) is 44.4 Å². The van der Waals surface area contributed by atoms with Crippen molar-refractivity contribution in [2.45, 2.75) is 31.8 Å². The average Bonchev–Trinajstić information content (AvgIpc) is 3.08. The molecule has 142 valence electrons. The molecule has 0 spiro atoms. The third-order valence-corrected chi connectivity index (χ3v) is 4.89. The van der Waals surface area contributed by atoms with E-state index < -0.39 is 0 Å². The molecule has 8 nitrogen and oxygen atoms in total. The number of hydrogen-bond donors (Lipinski definition) is 3. The molecule has 1 atom stereocenters. The standard InChI is InChI=1S/C18H28N6O2/c1-3-16(25)20-8-9-21-17-14-6-7-19-11-15(14)22-18(23-17)26-12-13-5-4-10-24(13)2/h3,13,19H,1,4-12H2,2H3,(H,20,25)(H,21,22,23)/t13-/m0/s1. The number of hydrogen-bond acceptors (Lipinski definition) is 7. The third kappa shape index (κ3) is 4.70. The van der Waals surface area contributed by atoms with Gasteiger partial charge in [0.05, 0.1) is 5.69 Å². The number of aromatic nitrogens is 2. The van der Waals surface area contributed by atoms with Crippen LogP contribution in [0.25, 0.3) is 0 Å². The summed E-state index contributed by atoms with van der Waals surface area (Å²) < 4.78 is 5.91. The van der Waals surface area contributed by atoms with Gasteiger partial charge in [0.15, 0.2) is 0 Å². The maximum Gasteiger partial charge on any atom is 0.318 e.